The summed E-state index contributed by atoms with van der Waals surface area (Å²) in [4.78, 5) is 23.2. The van der Waals surface area contributed by atoms with Crippen LogP contribution in [0.3, 0.4) is 0 Å². The number of carbonyl (C=O) groups is 1. The van der Waals surface area contributed by atoms with Crippen molar-refractivity contribution < 1.29 is 22.9 Å². The molecule has 0 heterocycles. The van der Waals surface area contributed by atoms with Gasteiger partial charge in [-0.15, -0.1) is 0 Å². The number of amides is 1. The Morgan fingerprint density at radius 2 is 1.81 bits per heavy atom. The van der Waals surface area contributed by atoms with Crippen molar-refractivity contribution in [1.82, 2.24) is 5.32 Å². The maximum absolute atomic E-state index is 12.7. The number of nitrogens with zero attached hydrogens (tertiary/aromatic N) is 2. The van der Waals surface area contributed by atoms with Gasteiger partial charge in [-0.3, -0.25) is 19.2 Å². The quantitative estimate of drug-likeness (QED) is 0.357. The number of carbonyl (C=O) groups excluding carboxylic acids is 1. The highest BCUT2D eigenvalue weighted by atomic mass is 32.2. The number of anilines is 1. The van der Waals surface area contributed by atoms with Crippen LogP contribution in [0, 0.1) is 30.9 Å². The van der Waals surface area contributed by atoms with Crippen molar-refractivity contribution in [2.24, 2.45) is 0 Å². The molecule has 0 aromatic heterocycles. The van der Waals surface area contributed by atoms with Crippen LogP contribution in [-0.4, -0.2) is 44.7 Å². The van der Waals surface area contributed by atoms with E-state index in [2.05, 4.69) is 5.32 Å². The van der Waals surface area contributed by atoms with Crippen LogP contribution in [-0.2, 0) is 14.8 Å². The smallest absolute Gasteiger partial charge is 0.271 e. The van der Waals surface area contributed by atoms with Crippen LogP contribution in [0.1, 0.15) is 23.6 Å². The summed E-state index contributed by atoms with van der Waals surface area (Å²) in [5.41, 5.74) is 2.34. The standard InChI is InChI=1S/C21H27N3O6S/c1-14-6-7-16(3)20(12-14)30-11-10-22-21(25)17(4)23(31(5,28)29)19-13-18(24(26)27)9-8-15(19)2/h6-9,12-13,17H,10-11H2,1-5H3,(H,22,25). The molecule has 0 aliphatic heterocycles. The summed E-state index contributed by atoms with van der Waals surface area (Å²) in [5.74, 6) is 0.174. The summed E-state index contributed by atoms with van der Waals surface area (Å²) >= 11 is 0. The number of sulfonamides is 1. The van der Waals surface area contributed by atoms with E-state index in [1.807, 2.05) is 32.0 Å². The summed E-state index contributed by atoms with van der Waals surface area (Å²) in [6, 6.07) is 8.59. The maximum Gasteiger partial charge on any atom is 0.271 e. The van der Waals surface area contributed by atoms with Crippen LogP contribution in [0.25, 0.3) is 0 Å². The van der Waals surface area contributed by atoms with Crippen LogP contribution in [0.2, 0.25) is 0 Å². The first kappa shape index (κ1) is 24.1. The van der Waals surface area contributed by atoms with Crippen molar-refractivity contribution in [3.63, 3.8) is 0 Å². The first-order chi connectivity index (χ1) is 14.4. The minimum absolute atomic E-state index is 0.0889. The monoisotopic (exact) mass is 449 g/mol. The van der Waals surface area contributed by atoms with E-state index in [1.54, 1.807) is 6.92 Å². The largest absolute Gasteiger partial charge is 0.491 e. The molecule has 2 aromatic rings. The first-order valence-corrected chi connectivity index (χ1v) is 11.5. The lowest BCUT2D eigenvalue weighted by molar-refractivity contribution is -0.384. The van der Waals surface area contributed by atoms with Crippen LogP contribution < -0.4 is 14.4 Å². The summed E-state index contributed by atoms with van der Waals surface area (Å²) in [7, 11) is -3.89. The van der Waals surface area contributed by atoms with E-state index < -0.39 is 26.9 Å². The normalized spacial score (nSPS) is 12.2. The zero-order valence-electron chi connectivity index (χ0n) is 18.2. The van der Waals surface area contributed by atoms with Gasteiger partial charge in [0.1, 0.15) is 18.4 Å². The second kappa shape index (κ2) is 9.78. The Balaban J connectivity index is 2.13. The summed E-state index contributed by atoms with van der Waals surface area (Å²) in [6.07, 6.45) is 0.957. The molecule has 10 heteroatoms. The van der Waals surface area contributed by atoms with Gasteiger partial charge in [0, 0.05) is 12.1 Å². The van der Waals surface area contributed by atoms with Crippen LogP contribution in [0.15, 0.2) is 36.4 Å². The van der Waals surface area contributed by atoms with Gasteiger partial charge < -0.3 is 10.1 Å². The number of nitro groups is 1. The third-order valence-electron chi connectivity index (χ3n) is 4.73. The van der Waals surface area contributed by atoms with E-state index in [1.165, 1.54) is 19.1 Å². The van der Waals surface area contributed by atoms with Gasteiger partial charge in [0.2, 0.25) is 15.9 Å². The Morgan fingerprint density at radius 1 is 1.16 bits per heavy atom. The van der Waals surface area contributed by atoms with Crippen molar-refractivity contribution >= 4 is 27.3 Å². The van der Waals surface area contributed by atoms with Gasteiger partial charge in [0.05, 0.1) is 23.4 Å². The molecule has 0 saturated heterocycles. The maximum atomic E-state index is 12.7. The number of benzene rings is 2. The Morgan fingerprint density at radius 3 is 2.42 bits per heavy atom. The molecule has 0 radical (unpaired) electrons. The number of aryl methyl sites for hydroxylation is 3. The van der Waals surface area contributed by atoms with Crippen molar-refractivity contribution in [2.45, 2.75) is 33.7 Å². The summed E-state index contributed by atoms with van der Waals surface area (Å²) in [6.45, 7) is 7.30. The predicted octanol–water partition coefficient (Wildman–Crippen LogP) is 2.87. The number of ether oxygens (including phenoxy) is 1. The molecule has 0 aliphatic carbocycles. The molecule has 0 saturated carbocycles. The predicted molar refractivity (Wildman–Crippen MR) is 119 cm³/mol. The highest BCUT2D eigenvalue weighted by Crippen LogP contribution is 2.29. The molecular weight excluding hydrogens is 422 g/mol. The fourth-order valence-electron chi connectivity index (χ4n) is 3.08. The summed E-state index contributed by atoms with van der Waals surface area (Å²) < 4.78 is 31.5. The van der Waals surface area contributed by atoms with E-state index in [-0.39, 0.29) is 24.5 Å². The fourth-order valence-corrected chi connectivity index (χ4v) is 4.30. The molecule has 0 fully saturated rings. The summed E-state index contributed by atoms with van der Waals surface area (Å²) in [5, 5.41) is 13.8. The van der Waals surface area contributed by atoms with Crippen LogP contribution in [0.4, 0.5) is 11.4 Å². The van der Waals surface area contributed by atoms with Crippen molar-refractivity contribution in [3.8, 4) is 5.75 Å². The van der Waals surface area contributed by atoms with Gasteiger partial charge in [-0.25, -0.2) is 8.42 Å². The van der Waals surface area contributed by atoms with Gasteiger partial charge in [-0.1, -0.05) is 18.2 Å². The molecule has 1 atom stereocenters. The van der Waals surface area contributed by atoms with E-state index >= 15 is 0 Å². The number of non-ortho nitro benzene ring substituents is 1. The topological polar surface area (TPSA) is 119 Å². The number of rotatable bonds is 9. The van der Waals surface area contributed by atoms with Gasteiger partial charge in [-0.05, 0) is 50.5 Å². The van der Waals surface area contributed by atoms with E-state index in [9.17, 15) is 23.3 Å². The van der Waals surface area contributed by atoms with Crippen molar-refractivity contribution in [2.75, 3.05) is 23.7 Å². The lowest BCUT2D eigenvalue weighted by Gasteiger charge is -2.29. The minimum Gasteiger partial charge on any atom is -0.491 e. The number of nitro benzene ring substituents is 1. The molecule has 9 nitrogen and oxygen atoms in total. The lowest BCUT2D eigenvalue weighted by atomic mass is 10.1. The zero-order chi connectivity index (χ0) is 23.3. The molecule has 31 heavy (non-hydrogen) atoms. The molecule has 2 rings (SSSR count). The Kier molecular flexibility index (Phi) is 7.61. The SMILES string of the molecule is Cc1ccc(C)c(OCCNC(=O)C(C)N(c2cc([N+](=O)[O-])ccc2C)S(C)(=O)=O)c1. The third kappa shape index (κ3) is 6.17. The van der Waals surface area contributed by atoms with Crippen LogP contribution in [0.5, 0.6) is 5.75 Å². The van der Waals surface area contributed by atoms with Crippen LogP contribution >= 0.6 is 0 Å². The number of nitrogens with one attached hydrogen (secondary N) is 1. The van der Waals surface area contributed by atoms with E-state index in [4.69, 9.17) is 4.74 Å². The zero-order valence-corrected chi connectivity index (χ0v) is 19.0. The molecule has 0 spiro atoms. The highest BCUT2D eigenvalue weighted by molar-refractivity contribution is 7.92. The third-order valence-corrected chi connectivity index (χ3v) is 5.96. The van der Waals surface area contributed by atoms with E-state index in [0.717, 1.165) is 27.8 Å². The number of hydrogen-bond acceptors (Lipinski definition) is 6. The van der Waals surface area contributed by atoms with E-state index in [0.29, 0.717) is 11.3 Å². The van der Waals surface area contributed by atoms with Gasteiger partial charge >= 0.3 is 0 Å². The molecular formula is C21H27N3O6S. The van der Waals surface area contributed by atoms with Crippen molar-refractivity contribution in [3.05, 3.63) is 63.2 Å². The second-order valence-corrected chi connectivity index (χ2v) is 9.23. The average molecular weight is 450 g/mol. The average Bonchev–Trinajstić information content (AvgIpc) is 2.67. The molecule has 1 unspecified atom stereocenters. The molecule has 0 bridgehead atoms. The lowest BCUT2D eigenvalue weighted by Crippen LogP contribution is -2.48. The Bertz CT molecular complexity index is 1080. The minimum atomic E-state index is -3.89. The van der Waals surface area contributed by atoms with Gasteiger partial charge in [-0.2, -0.15) is 0 Å². The molecule has 0 aliphatic rings. The molecule has 2 aromatic carbocycles. The Labute approximate surface area is 182 Å². The van der Waals surface area contributed by atoms with Gasteiger partial charge in [0.25, 0.3) is 5.69 Å². The Hall–Kier alpha value is -3.14. The molecule has 168 valence electrons. The highest BCUT2D eigenvalue weighted by Gasteiger charge is 2.31. The van der Waals surface area contributed by atoms with Crippen molar-refractivity contribution in [1.29, 1.82) is 0 Å². The molecule has 1 amide bonds. The fraction of sp³-hybridized carbons (Fsp3) is 0.381. The van der Waals surface area contributed by atoms with Gasteiger partial charge in [0.15, 0.2) is 0 Å². The molecule has 1 N–H and O–H groups in total. The first-order valence-electron chi connectivity index (χ1n) is 9.64. The second-order valence-electron chi connectivity index (χ2n) is 7.37. The number of hydrogen-bond donors (Lipinski definition) is 1.